The molecular formula is C17H25NO4S. The van der Waals surface area contributed by atoms with Gasteiger partial charge in [-0.2, -0.15) is 4.72 Å². The molecule has 6 heteroatoms. The monoisotopic (exact) mass is 339 g/mol. The van der Waals surface area contributed by atoms with Crippen LogP contribution in [0.25, 0.3) is 0 Å². The van der Waals surface area contributed by atoms with E-state index in [1.807, 2.05) is 13.8 Å². The van der Waals surface area contributed by atoms with Crippen LogP contribution in [0, 0.1) is 13.8 Å². The van der Waals surface area contributed by atoms with Crippen LogP contribution in [0.4, 0.5) is 0 Å². The molecule has 0 saturated heterocycles. The van der Waals surface area contributed by atoms with Crippen LogP contribution in [0.2, 0.25) is 0 Å². The van der Waals surface area contributed by atoms with Gasteiger partial charge in [-0.05, 0) is 49.9 Å². The number of benzene rings is 1. The summed E-state index contributed by atoms with van der Waals surface area (Å²) in [6, 6.07) is 4.99. The molecule has 1 N–H and O–H groups in total. The summed E-state index contributed by atoms with van der Waals surface area (Å²) < 4.78 is 33.1. The molecule has 1 aromatic rings. The van der Waals surface area contributed by atoms with Gasteiger partial charge >= 0.3 is 5.97 Å². The third-order valence-electron chi connectivity index (χ3n) is 4.65. The normalized spacial score (nSPS) is 18.2. The fourth-order valence-corrected chi connectivity index (χ4v) is 4.57. The number of sulfonamides is 1. The predicted molar refractivity (Wildman–Crippen MR) is 88.7 cm³/mol. The quantitative estimate of drug-likeness (QED) is 0.676. The van der Waals surface area contributed by atoms with Crippen molar-refractivity contribution in [1.29, 1.82) is 0 Å². The highest BCUT2D eigenvalue weighted by Crippen LogP contribution is 2.30. The summed E-state index contributed by atoms with van der Waals surface area (Å²) in [6.07, 6.45) is 4.58. The van der Waals surface area contributed by atoms with Crippen LogP contribution in [-0.4, -0.2) is 27.0 Å². The second-order valence-electron chi connectivity index (χ2n) is 6.34. The van der Waals surface area contributed by atoms with E-state index in [2.05, 4.69) is 4.72 Å². The molecule has 128 valence electrons. The second-order valence-corrected chi connectivity index (χ2v) is 8.02. The Morgan fingerprint density at radius 3 is 2.22 bits per heavy atom. The molecule has 0 unspecified atom stereocenters. The van der Waals surface area contributed by atoms with Crippen LogP contribution in [0.15, 0.2) is 23.1 Å². The number of aryl methyl sites for hydroxylation is 2. The average molecular weight is 339 g/mol. The average Bonchev–Trinajstić information content (AvgIpc) is 2.75. The fraction of sp³-hybridized carbons (Fsp3) is 0.588. The van der Waals surface area contributed by atoms with Gasteiger partial charge in [0.2, 0.25) is 10.0 Å². The van der Waals surface area contributed by atoms with Gasteiger partial charge in [-0.3, -0.25) is 4.79 Å². The molecule has 2 rings (SSSR count). The Bertz CT molecular complexity index is 674. The third kappa shape index (κ3) is 3.93. The number of methoxy groups -OCH3 is 1. The minimum Gasteiger partial charge on any atom is -0.468 e. The predicted octanol–water partition coefficient (Wildman–Crippen LogP) is 2.85. The molecule has 1 aliphatic carbocycles. The standard InChI is InChI=1S/C17H25NO4S/c1-13-8-9-15(12-14(13)2)23(20,21)18-17(16(19)22-3)10-6-4-5-7-11-17/h8-9,12,18H,4-7,10-11H2,1-3H3. The van der Waals surface area contributed by atoms with Crippen molar-refractivity contribution in [1.82, 2.24) is 4.72 Å². The summed E-state index contributed by atoms with van der Waals surface area (Å²) >= 11 is 0. The van der Waals surface area contributed by atoms with E-state index in [4.69, 9.17) is 4.74 Å². The largest absolute Gasteiger partial charge is 0.468 e. The Hall–Kier alpha value is -1.40. The topological polar surface area (TPSA) is 72.5 Å². The molecule has 5 nitrogen and oxygen atoms in total. The van der Waals surface area contributed by atoms with Gasteiger partial charge in [-0.15, -0.1) is 0 Å². The Morgan fingerprint density at radius 2 is 1.70 bits per heavy atom. The number of rotatable bonds is 4. The third-order valence-corrected chi connectivity index (χ3v) is 6.19. The highest BCUT2D eigenvalue weighted by Gasteiger charge is 2.43. The summed E-state index contributed by atoms with van der Waals surface area (Å²) in [6.45, 7) is 3.80. The molecular weight excluding hydrogens is 314 g/mol. The lowest BCUT2D eigenvalue weighted by atomic mass is 9.92. The second kappa shape index (κ2) is 7.01. The van der Waals surface area contributed by atoms with Crippen molar-refractivity contribution < 1.29 is 17.9 Å². The molecule has 1 fully saturated rings. The zero-order valence-electron chi connectivity index (χ0n) is 14.0. The number of ether oxygens (including phenoxy) is 1. The molecule has 0 aliphatic heterocycles. The molecule has 0 heterocycles. The molecule has 1 saturated carbocycles. The first kappa shape index (κ1) is 17.9. The van der Waals surface area contributed by atoms with Crippen molar-refractivity contribution in [2.45, 2.75) is 62.8 Å². The summed E-state index contributed by atoms with van der Waals surface area (Å²) in [4.78, 5) is 12.5. The number of hydrogen-bond acceptors (Lipinski definition) is 4. The van der Waals surface area contributed by atoms with E-state index in [9.17, 15) is 13.2 Å². The van der Waals surface area contributed by atoms with Crippen molar-refractivity contribution in [3.63, 3.8) is 0 Å². The van der Waals surface area contributed by atoms with Crippen molar-refractivity contribution in [3.8, 4) is 0 Å². The number of carbonyl (C=O) groups excluding carboxylic acids is 1. The van der Waals surface area contributed by atoms with Crippen LogP contribution in [0.3, 0.4) is 0 Å². The van der Waals surface area contributed by atoms with E-state index in [1.165, 1.54) is 7.11 Å². The molecule has 0 radical (unpaired) electrons. The van der Waals surface area contributed by atoms with E-state index >= 15 is 0 Å². The zero-order valence-corrected chi connectivity index (χ0v) is 14.8. The zero-order chi connectivity index (χ0) is 17.1. The summed E-state index contributed by atoms with van der Waals surface area (Å²) in [7, 11) is -2.47. The maximum absolute atomic E-state index is 12.8. The molecule has 0 atom stereocenters. The lowest BCUT2D eigenvalue weighted by molar-refractivity contribution is -0.148. The van der Waals surface area contributed by atoms with Crippen molar-refractivity contribution in [2.75, 3.05) is 7.11 Å². The van der Waals surface area contributed by atoms with Crippen molar-refractivity contribution in [2.24, 2.45) is 0 Å². The van der Waals surface area contributed by atoms with Gasteiger partial charge in [0.25, 0.3) is 0 Å². The first-order valence-corrected chi connectivity index (χ1v) is 9.49. The fourth-order valence-electron chi connectivity index (χ4n) is 3.07. The highest BCUT2D eigenvalue weighted by molar-refractivity contribution is 7.89. The maximum atomic E-state index is 12.8. The van der Waals surface area contributed by atoms with E-state index in [0.717, 1.165) is 36.8 Å². The number of nitrogens with one attached hydrogen (secondary N) is 1. The number of esters is 1. The SMILES string of the molecule is COC(=O)C1(NS(=O)(=O)c2ccc(C)c(C)c2)CCCCCC1. The van der Waals surface area contributed by atoms with Gasteiger partial charge in [-0.1, -0.05) is 31.7 Å². The Balaban J connectivity index is 2.37. The van der Waals surface area contributed by atoms with Gasteiger partial charge in [0, 0.05) is 0 Å². The summed E-state index contributed by atoms with van der Waals surface area (Å²) in [5.74, 6) is -0.494. The molecule has 1 aliphatic rings. The number of carbonyl (C=O) groups is 1. The van der Waals surface area contributed by atoms with E-state index in [-0.39, 0.29) is 4.90 Å². The Morgan fingerprint density at radius 1 is 1.09 bits per heavy atom. The Labute approximate surface area is 138 Å². The molecule has 0 bridgehead atoms. The summed E-state index contributed by atoms with van der Waals surface area (Å²) in [5.41, 5.74) is 0.782. The van der Waals surface area contributed by atoms with Gasteiger partial charge in [-0.25, -0.2) is 8.42 Å². The van der Waals surface area contributed by atoms with E-state index in [0.29, 0.717) is 12.8 Å². The van der Waals surface area contributed by atoms with Crippen molar-refractivity contribution in [3.05, 3.63) is 29.3 Å². The maximum Gasteiger partial charge on any atom is 0.327 e. The van der Waals surface area contributed by atoms with Gasteiger partial charge in [0.05, 0.1) is 12.0 Å². The smallest absolute Gasteiger partial charge is 0.327 e. The number of hydrogen-bond donors (Lipinski definition) is 1. The van der Waals surface area contributed by atoms with Crippen LogP contribution in [0.1, 0.15) is 49.7 Å². The lowest BCUT2D eigenvalue weighted by Gasteiger charge is -2.30. The van der Waals surface area contributed by atoms with E-state index in [1.54, 1.807) is 18.2 Å². The minimum atomic E-state index is -3.78. The lowest BCUT2D eigenvalue weighted by Crippen LogP contribution is -2.54. The molecule has 1 aromatic carbocycles. The van der Waals surface area contributed by atoms with Crippen LogP contribution in [-0.2, 0) is 19.6 Å². The Kier molecular flexibility index (Phi) is 5.47. The first-order chi connectivity index (χ1) is 10.8. The molecule has 0 spiro atoms. The molecule has 0 amide bonds. The van der Waals surface area contributed by atoms with Crippen LogP contribution < -0.4 is 4.72 Å². The van der Waals surface area contributed by atoms with Gasteiger partial charge < -0.3 is 4.74 Å². The minimum absolute atomic E-state index is 0.188. The van der Waals surface area contributed by atoms with Crippen LogP contribution >= 0.6 is 0 Å². The van der Waals surface area contributed by atoms with Crippen molar-refractivity contribution >= 4 is 16.0 Å². The first-order valence-electron chi connectivity index (χ1n) is 8.00. The van der Waals surface area contributed by atoms with E-state index < -0.39 is 21.5 Å². The molecule has 23 heavy (non-hydrogen) atoms. The van der Waals surface area contributed by atoms with Gasteiger partial charge in [0.15, 0.2) is 0 Å². The molecule has 0 aromatic heterocycles. The summed E-state index contributed by atoms with van der Waals surface area (Å²) in [5, 5.41) is 0. The highest BCUT2D eigenvalue weighted by atomic mass is 32.2. The van der Waals surface area contributed by atoms with Crippen LogP contribution in [0.5, 0.6) is 0 Å². The van der Waals surface area contributed by atoms with Gasteiger partial charge in [0.1, 0.15) is 5.54 Å².